The van der Waals surface area contributed by atoms with Crippen molar-refractivity contribution >= 4 is 29.3 Å². The molecule has 0 bridgehead atoms. The molecule has 19 heavy (non-hydrogen) atoms. The summed E-state index contributed by atoms with van der Waals surface area (Å²) in [6.07, 6.45) is 0. The molecule has 0 fully saturated rings. The van der Waals surface area contributed by atoms with Crippen LogP contribution in [0.3, 0.4) is 0 Å². The molecule has 0 saturated carbocycles. The van der Waals surface area contributed by atoms with E-state index in [0.29, 0.717) is 5.56 Å². The van der Waals surface area contributed by atoms with Crippen LogP contribution in [-0.2, 0) is 5.75 Å². The number of halogens is 1. The van der Waals surface area contributed by atoms with E-state index >= 15 is 0 Å². The summed E-state index contributed by atoms with van der Waals surface area (Å²) in [6, 6.07) is 13.1. The Bertz CT molecular complexity index is 611. The molecule has 0 saturated heterocycles. The molecule has 2 rings (SSSR count). The largest absolute Gasteiger partial charge is 0.478 e. The van der Waals surface area contributed by atoms with Gasteiger partial charge in [0.05, 0.1) is 5.56 Å². The van der Waals surface area contributed by atoms with Crippen LogP contribution >= 0.6 is 23.4 Å². The molecule has 98 valence electrons. The predicted molar refractivity (Wildman–Crippen MR) is 79.2 cm³/mol. The van der Waals surface area contributed by atoms with Gasteiger partial charge >= 0.3 is 5.97 Å². The number of rotatable bonds is 4. The first-order valence-corrected chi connectivity index (χ1v) is 7.14. The van der Waals surface area contributed by atoms with Crippen LogP contribution in [-0.4, -0.2) is 11.1 Å². The Morgan fingerprint density at radius 1 is 1.26 bits per heavy atom. The lowest BCUT2D eigenvalue weighted by Crippen LogP contribution is -1.99. The third-order valence-corrected chi connectivity index (χ3v) is 4.19. The van der Waals surface area contributed by atoms with Crippen molar-refractivity contribution in [1.29, 1.82) is 0 Å². The van der Waals surface area contributed by atoms with Gasteiger partial charge in [0.25, 0.3) is 0 Å². The van der Waals surface area contributed by atoms with E-state index in [1.165, 1.54) is 0 Å². The van der Waals surface area contributed by atoms with Crippen LogP contribution in [0.2, 0.25) is 5.02 Å². The van der Waals surface area contributed by atoms with Gasteiger partial charge in [-0.05, 0) is 42.3 Å². The number of benzene rings is 2. The lowest BCUT2D eigenvalue weighted by molar-refractivity contribution is 0.0696. The second-order valence-corrected chi connectivity index (χ2v) is 5.62. The van der Waals surface area contributed by atoms with E-state index < -0.39 is 5.97 Å². The maximum Gasteiger partial charge on any atom is 0.335 e. The second-order valence-electron chi connectivity index (χ2n) is 4.16. The van der Waals surface area contributed by atoms with Gasteiger partial charge < -0.3 is 5.11 Å². The number of thioether (sulfide) groups is 1. The molecule has 2 aromatic carbocycles. The first-order chi connectivity index (χ1) is 9.08. The van der Waals surface area contributed by atoms with Gasteiger partial charge in [-0.15, -0.1) is 11.8 Å². The first-order valence-electron chi connectivity index (χ1n) is 5.78. The molecule has 0 radical (unpaired) electrons. The van der Waals surface area contributed by atoms with Gasteiger partial charge in [0.1, 0.15) is 0 Å². The highest BCUT2D eigenvalue weighted by atomic mass is 35.5. The lowest BCUT2D eigenvalue weighted by atomic mass is 10.1. The molecule has 4 heteroatoms. The average Bonchev–Trinajstić information content (AvgIpc) is 2.37. The number of carboxylic acids is 1. The van der Waals surface area contributed by atoms with E-state index in [-0.39, 0.29) is 0 Å². The Morgan fingerprint density at radius 2 is 2.00 bits per heavy atom. The van der Waals surface area contributed by atoms with Crippen molar-refractivity contribution in [3.63, 3.8) is 0 Å². The summed E-state index contributed by atoms with van der Waals surface area (Å²) < 4.78 is 0. The molecule has 2 nitrogen and oxygen atoms in total. The van der Waals surface area contributed by atoms with Crippen LogP contribution < -0.4 is 0 Å². The molecule has 0 aliphatic heterocycles. The highest BCUT2D eigenvalue weighted by molar-refractivity contribution is 7.98. The zero-order valence-corrected chi connectivity index (χ0v) is 12.0. The molecular weight excluding hydrogens is 280 g/mol. The highest BCUT2D eigenvalue weighted by Crippen LogP contribution is 2.27. The van der Waals surface area contributed by atoms with Gasteiger partial charge in [0.2, 0.25) is 0 Å². The quantitative estimate of drug-likeness (QED) is 0.834. The third kappa shape index (κ3) is 3.52. The molecule has 0 spiro atoms. The van der Waals surface area contributed by atoms with Gasteiger partial charge in [-0.1, -0.05) is 29.8 Å². The SMILES string of the molecule is Cc1cc(SCc2ccccc2Cl)ccc1C(=O)O. The highest BCUT2D eigenvalue weighted by Gasteiger charge is 2.07. The van der Waals surface area contributed by atoms with E-state index in [1.54, 1.807) is 17.8 Å². The van der Waals surface area contributed by atoms with Gasteiger partial charge in [0, 0.05) is 15.7 Å². The molecule has 0 unspecified atom stereocenters. The van der Waals surface area contributed by atoms with Crippen LogP contribution in [0.25, 0.3) is 0 Å². The fraction of sp³-hybridized carbons (Fsp3) is 0.133. The van der Waals surface area contributed by atoms with Gasteiger partial charge in [-0.2, -0.15) is 0 Å². The Kier molecular flexibility index (Phi) is 4.51. The third-order valence-electron chi connectivity index (χ3n) is 2.78. The van der Waals surface area contributed by atoms with E-state index in [0.717, 1.165) is 26.8 Å². The van der Waals surface area contributed by atoms with Crippen molar-refractivity contribution < 1.29 is 9.90 Å². The standard InChI is InChI=1S/C15H13ClO2S/c1-10-8-12(6-7-13(10)15(17)18)19-9-11-4-2-3-5-14(11)16/h2-8H,9H2,1H3,(H,17,18). The molecule has 0 amide bonds. The van der Waals surface area contributed by atoms with Crippen LogP contribution in [0.4, 0.5) is 0 Å². The summed E-state index contributed by atoms with van der Waals surface area (Å²) in [5, 5.41) is 9.73. The van der Waals surface area contributed by atoms with Crippen molar-refractivity contribution in [2.45, 2.75) is 17.6 Å². The zero-order chi connectivity index (χ0) is 13.8. The van der Waals surface area contributed by atoms with Crippen LogP contribution in [0, 0.1) is 6.92 Å². The number of hydrogen-bond donors (Lipinski definition) is 1. The van der Waals surface area contributed by atoms with Gasteiger partial charge in [0.15, 0.2) is 0 Å². The Morgan fingerprint density at radius 3 is 2.63 bits per heavy atom. The molecule has 0 aromatic heterocycles. The minimum atomic E-state index is -0.889. The minimum Gasteiger partial charge on any atom is -0.478 e. The van der Waals surface area contributed by atoms with Crippen LogP contribution in [0.5, 0.6) is 0 Å². The Balaban J connectivity index is 2.11. The maximum absolute atomic E-state index is 10.9. The number of carboxylic acid groups (broad SMARTS) is 1. The topological polar surface area (TPSA) is 37.3 Å². The van der Waals surface area contributed by atoms with Crippen molar-refractivity contribution in [1.82, 2.24) is 0 Å². The zero-order valence-electron chi connectivity index (χ0n) is 10.4. The lowest BCUT2D eigenvalue weighted by Gasteiger charge is -2.06. The maximum atomic E-state index is 10.9. The summed E-state index contributed by atoms with van der Waals surface area (Å²) in [5.74, 6) is -0.119. The summed E-state index contributed by atoms with van der Waals surface area (Å²) in [7, 11) is 0. The van der Waals surface area contributed by atoms with E-state index in [9.17, 15) is 4.79 Å². The summed E-state index contributed by atoms with van der Waals surface area (Å²) >= 11 is 7.74. The van der Waals surface area contributed by atoms with Gasteiger partial charge in [-0.3, -0.25) is 0 Å². The predicted octanol–water partition coefficient (Wildman–Crippen LogP) is 4.64. The first kappa shape index (κ1) is 14.0. The molecule has 2 aromatic rings. The van der Waals surface area contributed by atoms with Crippen molar-refractivity contribution in [3.8, 4) is 0 Å². The van der Waals surface area contributed by atoms with E-state index in [2.05, 4.69) is 0 Å². The fourth-order valence-electron chi connectivity index (χ4n) is 1.74. The molecular formula is C15H13ClO2S. The minimum absolute atomic E-state index is 0.349. The van der Waals surface area contributed by atoms with Crippen molar-refractivity contribution in [2.24, 2.45) is 0 Å². The number of hydrogen-bond acceptors (Lipinski definition) is 2. The number of carbonyl (C=O) groups is 1. The average molecular weight is 293 g/mol. The second kappa shape index (κ2) is 6.13. The van der Waals surface area contributed by atoms with Crippen molar-refractivity contribution in [2.75, 3.05) is 0 Å². The monoisotopic (exact) mass is 292 g/mol. The molecule has 0 aliphatic rings. The number of aromatic carboxylic acids is 1. The normalized spacial score (nSPS) is 10.4. The summed E-state index contributed by atoms with van der Waals surface area (Å²) in [5.41, 5.74) is 2.20. The smallest absolute Gasteiger partial charge is 0.335 e. The van der Waals surface area contributed by atoms with Crippen LogP contribution in [0.1, 0.15) is 21.5 Å². The molecule has 0 aliphatic carbocycles. The summed E-state index contributed by atoms with van der Waals surface area (Å²) in [6.45, 7) is 1.81. The molecule has 0 heterocycles. The summed E-state index contributed by atoms with van der Waals surface area (Å²) in [4.78, 5) is 12.0. The van der Waals surface area contributed by atoms with Gasteiger partial charge in [-0.25, -0.2) is 4.79 Å². The van der Waals surface area contributed by atoms with Crippen molar-refractivity contribution in [3.05, 3.63) is 64.2 Å². The molecule has 1 N–H and O–H groups in total. The van der Waals surface area contributed by atoms with E-state index in [1.807, 2.05) is 43.3 Å². The number of aryl methyl sites for hydroxylation is 1. The van der Waals surface area contributed by atoms with Crippen LogP contribution in [0.15, 0.2) is 47.4 Å². The Hall–Kier alpha value is -1.45. The molecule has 0 atom stereocenters. The van der Waals surface area contributed by atoms with E-state index in [4.69, 9.17) is 16.7 Å². The fourth-order valence-corrected chi connectivity index (χ4v) is 3.02. The Labute approximate surface area is 121 Å².